The Morgan fingerprint density at radius 2 is 2.67 bits per heavy atom. The van der Waals surface area contributed by atoms with Crippen LogP contribution < -0.4 is 0 Å². The lowest BCUT2D eigenvalue weighted by molar-refractivity contribution is 0.236. The van der Waals surface area contributed by atoms with E-state index in [4.69, 9.17) is 0 Å². The molecule has 0 saturated carbocycles. The average Bonchev–Trinajstić information content (AvgIpc) is 2.37. The van der Waals surface area contributed by atoms with Crippen LogP contribution in [-0.4, -0.2) is 16.9 Å². The standard InChI is InChI=1S/C7H11NO/c1-2-7(9)6-4-3-5-8-6/h3,5,7,9H,2,4H2,1H3. The smallest absolute Gasteiger partial charge is 0.0921 e. The molecular weight excluding hydrogens is 114 g/mol. The summed E-state index contributed by atoms with van der Waals surface area (Å²) in [5.74, 6) is 0. The van der Waals surface area contributed by atoms with Crippen molar-refractivity contribution in [1.82, 2.24) is 0 Å². The van der Waals surface area contributed by atoms with Crippen molar-refractivity contribution in [3.8, 4) is 0 Å². The molecule has 0 aromatic heterocycles. The fraction of sp³-hybridized carbons (Fsp3) is 0.571. The second kappa shape index (κ2) is 2.78. The zero-order valence-corrected chi connectivity index (χ0v) is 5.54. The molecule has 0 fully saturated rings. The molecule has 0 bridgehead atoms. The predicted molar refractivity (Wildman–Crippen MR) is 37.5 cm³/mol. The molecule has 50 valence electrons. The van der Waals surface area contributed by atoms with Crippen LogP contribution in [0.25, 0.3) is 0 Å². The van der Waals surface area contributed by atoms with Crippen molar-refractivity contribution in [3.05, 3.63) is 12.3 Å². The molecule has 0 spiro atoms. The van der Waals surface area contributed by atoms with Crippen LogP contribution in [0.3, 0.4) is 0 Å². The van der Waals surface area contributed by atoms with E-state index >= 15 is 0 Å². The Bertz CT molecular complexity index is 149. The molecule has 0 radical (unpaired) electrons. The molecular formula is C7H11NO. The third kappa shape index (κ3) is 1.39. The van der Waals surface area contributed by atoms with Gasteiger partial charge < -0.3 is 5.11 Å². The molecule has 1 aliphatic heterocycles. The monoisotopic (exact) mass is 125 g/mol. The molecule has 0 aromatic carbocycles. The maximum absolute atomic E-state index is 9.19. The highest BCUT2D eigenvalue weighted by atomic mass is 16.3. The van der Waals surface area contributed by atoms with Crippen molar-refractivity contribution < 1.29 is 5.11 Å². The van der Waals surface area contributed by atoms with E-state index in [9.17, 15) is 5.11 Å². The number of rotatable bonds is 2. The lowest BCUT2D eigenvalue weighted by Gasteiger charge is -2.04. The van der Waals surface area contributed by atoms with E-state index in [-0.39, 0.29) is 6.10 Å². The molecule has 1 rings (SSSR count). The van der Waals surface area contributed by atoms with Gasteiger partial charge in [0.15, 0.2) is 0 Å². The van der Waals surface area contributed by atoms with Crippen LogP contribution in [0.4, 0.5) is 0 Å². The average molecular weight is 125 g/mol. The van der Waals surface area contributed by atoms with E-state index in [0.717, 1.165) is 18.6 Å². The van der Waals surface area contributed by atoms with Gasteiger partial charge in [-0.05, 0) is 6.42 Å². The number of aliphatic hydroxyl groups excluding tert-OH is 1. The Hall–Kier alpha value is -0.630. The van der Waals surface area contributed by atoms with Gasteiger partial charge in [0.05, 0.1) is 11.8 Å². The fourth-order valence-electron chi connectivity index (χ4n) is 0.832. The van der Waals surface area contributed by atoms with Crippen molar-refractivity contribution in [2.45, 2.75) is 25.9 Å². The van der Waals surface area contributed by atoms with Crippen LogP contribution in [0.15, 0.2) is 17.3 Å². The predicted octanol–water partition coefficient (Wildman–Crippen LogP) is 1.12. The quantitative estimate of drug-likeness (QED) is 0.589. The van der Waals surface area contributed by atoms with Gasteiger partial charge in [0.25, 0.3) is 0 Å². The summed E-state index contributed by atoms with van der Waals surface area (Å²) in [4.78, 5) is 3.99. The highest BCUT2D eigenvalue weighted by Gasteiger charge is 2.09. The Balaban J connectivity index is 2.45. The largest absolute Gasteiger partial charge is 0.387 e. The van der Waals surface area contributed by atoms with Gasteiger partial charge in [-0.1, -0.05) is 13.0 Å². The van der Waals surface area contributed by atoms with Gasteiger partial charge in [-0.2, -0.15) is 0 Å². The number of hydrogen-bond donors (Lipinski definition) is 1. The van der Waals surface area contributed by atoms with Crippen molar-refractivity contribution in [3.63, 3.8) is 0 Å². The van der Waals surface area contributed by atoms with Crippen LogP contribution >= 0.6 is 0 Å². The highest BCUT2D eigenvalue weighted by molar-refractivity contribution is 5.91. The van der Waals surface area contributed by atoms with Crippen LogP contribution in [-0.2, 0) is 0 Å². The Labute approximate surface area is 54.9 Å². The summed E-state index contributed by atoms with van der Waals surface area (Å²) >= 11 is 0. The minimum Gasteiger partial charge on any atom is -0.387 e. The summed E-state index contributed by atoms with van der Waals surface area (Å²) in [7, 11) is 0. The molecule has 1 heterocycles. The van der Waals surface area contributed by atoms with E-state index in [0.29, 0.717) is 0 Å². The van der Waals surface area contributed by atoms with Gasteiger partial charge in [-0.25, -0.2) is 0 Å². The molecule has 9 heavy (non-hydrogen) atoms. The number of aliphatic imine (C=N–C) groups is 1. The third-order valence-electron chi connectivity index (χ3n) is 1.44. The summed E-state index contributed by atoms with van der Waals surface area (Å²) in [6.07, 6.45) is 4.97. The SMILES string of the molecule is CCC(O)C1=NC=CC1. The van der Waals surface area contributed by atoms with E-state index in [1.807, 2.05) is 13.0 Å². The molecule has 1 aliphatic rings. The first-order chi connectivity index (χ1) is 4.34. The van der Waals surface area contributed by atoms with Gasteiger partial charge in [0, 0.05) is 12.6 Å². The third-order valence-corrected chi connectivity index (χ3v) is 1.44. The van der Waals surface area contributed by atoms with Crippen LogP contribution in [0.5, 0.6) is 0 Å². The molecule has 0 amide bonds. The van der Waals surface area contributed by atoms with Crippen molar-refractivity contribution >= 4 is 5.71 Å². The van der Waals surface area contributed by atoms with E-state index in [1.165, 1.54) is 0 Å². The van der Waals surface area contributed by atoms with E-state index in [1.54, 1.807) is 6.20 Å². The minimum absolute atomic E-state index is 0.319. The summed E-state index contributed by atoms with van der Waals surface area (Å²) in [6, 6.07) is 0. The zero-order chi connectivity index (χ0) is 6.69. The first-order valence-electron chi connectivity index (χ1n) is 3.24. The molecule has 2 nitrogen and oxygen atoms in total. The normalized spacial score (nSPS) is 20.0. The van der Waals surface area contributed by atoms with E-state index < -0.39 is 0 Å². The maximum Gasteiger partial charge on any atom is 0.0921 e. The number of hydrogen-bond acceptors (Lipinski definition) is 2. The van der Waals surface area contributed by atoms with Gasteiger partial charge in [0.2, 0.25) is 0 Å². The first-order valence-corrected chi connectivity index (χ1v) is 3.24. The van der Waals surface area contributed by atoms with Gasteiger partial charge >= 0.3 is 0 Å². The topological polar surface area (TPSA) is 32.6 Å². The molecule has 1 N–H and O–H groups in total. The highest BCUT2D eigenvalue weighted by Crippen LogP contribution is 2.05. The molecule has 0 aliphatic carbocycles. The minimum atomic E-state index is -0.319. The van der Waals surface area contributed by atoms with Crippen LogP contribution in [0, 0.1) is 0 Å². The lowest BCUT2D eigenvalue weighted by Crippen LogP contribution is -2.16. The molecule has 1 unspecified atom stereocenters. The maximum atomic E-state index is 9.19. The zero-order valence-electron chi connectivity index (χ0n) is 5.54. The summed E-state index contributed by atoms with van der Waals surface area (Å²) in [6.45, 7) is 1.95. The first kappa shape index (κ1) is 6.49. The number of allylic oxidation sites excluding steroid dienone is 1. The lowest BCUT2D eigenvalue weighted by atomic mass is 10.1. The second-order valence-corrected chi connectivity index (χ2v) is 2.13. The molecule has 0 aromatic rings. The van der Waals surface area contributed by atoms with Crippen LogP contribution in [0.1, 0.15) is 19.8 Å². The fourth-order valence-corrected chi connectivity index (χ4v) is 0.832. The molecule has 0 saturated heterocycles. The Morgan fingerprint density at radius 1 is 1.89 bits per heavy atom. The summed E-state index contributed by atoms with van der Waals surface area (Å²) in [5.41, 5.74) is 0.900. The van der Waals surface area contributed by atoms with Gasteiger partial charge in [0.1, 0.15) is 0 Å². The van der Waals surface area contributed by atoms with Crippen molar-refractivity contribution in [2.24, 2.45) is 4.99 Å². The number of aliphatic hydroxyl groups is 1. The Kier molecular flexibility index (Phi) is 2.01. The summed E-state index contributed by atoms with van der Waals surface area (Å²) in [5, 5.41) is 9.19. The van der Waals surface area contributed by atoms with Crippen molar-refractivity contribution in [2.75, 3.05) is 0 Å². The second-order valence-electron chi connectivity index (χ2n) is 2.13. The molecule has 1 atom stereocenters. The van der Waals surface area contributed by atoms with Crippen molar-refractivity contribution in [1.29, 1.82) is 0 Å². The van der Waals surface area contributed by atoms with Gasteiger partial charge in [-0.3, -0.25) is 4.99 Å². The van der Waals surface area contributed by atoms with E-state index in [2.05, 4.69) is 4.99 Å². The summed E-state index contributed by atoms with van der Waals surface area (Å²) < 4.78 is 0. The van der Waals surface area contributed by atoms with Crippen LogP contribution in [0.2, 0.25) is 0 Å². The number of nitrogens with zero attached hydrogens (tertiary/aromatic N) is 1. The van der Waals surface area contributed by atoms with Gasteiger partial charge in [-0.15, -0.1) is 0 Å². The Morgan fingerprint density at radius 3 is 3.11 bits per heavy atom. The molecule has 2 heteroatoms.